The molecule has 70 heavy (non-hydrogen) atoms. The molecule has 14 nitrogen and oxygen atoms in total. The number of nitro groups is 1. The highest BCUT2D eigenvalue weighted by atomic mass is 16.7. The molecule has 7 rings (SSSR count). The van der Waals surface area contributed by atoms with Crippen LogP contribution >= 0.6 is 0 Å². The van der Waals surface area contributed by atoms with E-state index >= 15 is 0 Å². The van der Waals surface area contributed by atoms with E-state index in [1.807, 2.05) is 75.4 Å². The molecule has 2 aliphatic carbocycles. The maximum Gasteiger partial charge on any atom is 0.269 e. The molecule has 1 fully saturated rings. The number of fused-ring (bicyclic) bond motifs is 2. The molecule has 1 aliphatic heterocycles. The number of oxime groups is 1. The van der Waals surface area contributed by atoms with Gasteiger partial charge in [-0.2, -0.15) is 0 Å². The summed E-state index contributed by atoms with van der Waals surface area (Å²) < 4.78 is 27.0. The second-order valence-electron chi connectivity index (χ2n) is 19.0. The van der Waals surface area contributed by atoms with Gasteiger partial charge in [0.2, 0.25) is 11.7 Å². The van der Waals surface area contributed by atoms with E-state index < -0.39 is 34.2 Å². The van der Waals surface area contributed by atoms with Gasteiger partial charge in [0.15, 0.2) is 0 Å². The number of rotatable bonds is 24. The minimum absolute atomic E-state index is 0.0173. The van der Waals surface area contributed by atoms with E-state index in [-0.39, 0.29) is 76.0 Å². The third-order valence-corrected chi connectivity index (χ3v) is 13.2. The van der Waals surface area contributed by atoms with E-state index in [9.17, 15) is 30.2 Å². The number of non-ortho nitro benzene ring substituents is 1. The normalized spacial score (nSPS) is 22.1. The fourth-order valence-electron chi connectivity index (χ4n) is 10.1. The Morgan fingerprint density at radius 1 is 0.900 bits per heavy atom. The van der Waals surface area contributed by atoms with Crippen LogP contribution in [0.5, 0.6) is 17.2 Å². The molecule has 1 amide bonds. The number of amides is 1. The largest absolute Gasteiger partial charge is 0.459 e. The van der Waals surface area contributed by atoms with E-state index in [1.165, 1.54) is 18.2 Å². The molecule has 0 aromatic heterocycles. The minimum atomic E-state index is -1.53. The van der Waals surface area contributed by atoms with Crippen molar-refractivity contribution in [2.45, 2.75) is 89.1 Å². The van der Waals surface area contributed by atoms with E-state index in [1.54, 1.807) is 29.2 Å². The molecule has 6 unspecified atom stereocenters. The zero-order chi connectivity index (χ0) is 49.7. The molecule has 372 valence electrons. The smallest absolute Gasteiger partial charge is 0.269 e. The van der Waals surface area contributed by atoms with E-state index in [0.717, 1.165) is 47.9 Å². The van der Waals surface area contributed by atoms with Gasteiger partial charge in [-0.05, 0) is 129 Å². The lowest BCUT2D eigenvalue weighted by atomic mass is 9.55. The van der Waals surface area contributed by atoms with Crippen molar-refractivity contribution in [3.05, 3.63) is 149 Å². The summed E-state index contributed by atoms with van der Waals surface area (Å²) >= 11 is 0. The molecule has 4 aromatic rings. The van der Waals surface area contributed by atoms with Crippen molar-refractivity contribution < 1.29 is 48.8 Å². The fourth-order valence-corrected chi connectivity index (χ4v) is 10.1. The number of unbranched alkanes of at least 4 members (excludes halogenated alkanes) is 2. The van der Waals surface area contributed by atoms with Crippen LogP contribution in [0.15, 0.2) is 133 Å². The van der Waals surface area contributed by atoms with Crippen LogP contribution < -0.4 is 9.47 Å². The van der Waals surface area contributed by atoms with Crippen molar-refractivity contribution in [3.8, 4) is 28.4 Å². The van der Waals surface area contributed by atoms with Crippen LogP contribution in [0.4, 0.5) is 5.69 Å². The molecule has 4 aromatic carbocycles. The fraction of sp³-hybridized carbons (Fsp3) is 0.429. The topological polar surface area (TPSA) is 183 Å². The Morgan fingerprint density at radius 3 is 2.27 bits per heavy atom. The van der Waals surface area contributed by atoms with Gasteiger partial charge in [0.25, 0.3) is 5.69 Å². The van der Waals surface area contributed by atoms with Gasteiger partial charge in [-0.3, -0.25) is 14.9 Å². The van der Waals surface area contributed by atoms with Gasteiger partial charge in [0.05, 0.1) is 43.0 Å². The summed E-state index contributed by atoms with van der Waals surface area (Å²) in [6.45, 7) is 10.0. The number of nitrogens with zero attached hydrogens (tertiary/aromatic N) is 3. The van der Waals surface area contributed by atoms with Crippen molar-refractivity contribution in [3.63, 3.8) is 0 Å². The highest BCUT2D eigenvalue weighted by molar-refractivity contribution is 6.03. The quantitative estimate of drug-likeness (QED) is 0.0200. The van der Waals surface area contributed by atoms with Gasteiger partial charge >= 0.3 is 0 Å². The van der Waals surface area contributed by atoms with Gasteiger partial charge < -0.3 is 44.0 Å². The Labute approximate surface area is 411 Å². The van der Waals surface area contributed by atoms with Crippen LogP contribution in [0.1, 0.15) is 82.8 Å². The first-order chi connectivity index (χ1) is 33.9. The standard InChI is InChI=1S/C56H67N3O11/c1-5-33-67-56-51(58(29-34-66-35-32-62)52(63)28-19-39-17-22-43(23-18-39)59(64)65)38-49(57-70-55(2,3)4)47-36-42(15-9-11-30-60)46(16-10-12-31-61)53(54(47)56)48-37-45(26-27-50(48)69-56)68-44-24-20-41(21-25-44)40-13-7-6-8-14-40/h5-8,13-14,17-28,36-37,42,46,51,53-54,60-62H,1,9-12,15-16,29-35,38H2,2-4H3. The Kier molecular flexibility index (Phi) is 17.8. The lowest BCUT2D eigenvalue weighted by Crippen LogP contribution is -2.70. The highest BCUT2D eigenvalue weighted by Gasteiger charge is 2.65. The molecule has 0 bridgehead atoms. The van der Waals surface area contributed by atoms with Crippen molar-refractivity contribution >= 4 is 23.4 Å². The van der Waals surface area contributed by atoms with Crippen LogP contribution in [0.25, 0.3) is 17.2 Å². The molecule has 3 aliphatic rings. The third kappa shape index (κ3) is 12.4. The van der Waals surface area contributed by atoms with Crippen LogP contribution in [-0.4, -0.2) is 100 Å². The summed E-state index contributed by atoms with van der Waals surface area (Å²) in [6.07, 6.45) is 11.5. The summed E-state index contributed by atoms with van der Waals surface area (Å²) in [5.41, 5.74) is 4.45. The van der Waals surface area contributed by atoms with Gasteiger partial charge in [-0.25, -0.2) is 0 Å². The third-order valence-electron chi connectivity index (χ3n) is 13.2. The van der Waals surface area contributed by atoms with E-state index in [4.69, 9.17) is 28.9 Å². The zero-order valence-electron chi connectivity index (χ0n) is 40.5. The van der Waals surface area contributed by atoms with Crippen LogP contribution in [0.2, 0.25) is 0 Å². The number of aliphatic hydroxyl groups excluding tert-OH is 3. The van der Waals surface area contributed by atoms with E-state index in [0.29, 0.717) is 41.4 Å². The second-order valence-corrected chi connectivity index (χ2v) is 19.0. The lowest BCUT2D eigenvalue weighted by Gasteiger charge is -2.60. The molecule has 0 spiro atoms. The van der Waals surface area contributed by atoms with Gasteiger partial charge in [0, 0.05) is 55.9 Å². The summed E-state index contributed by atoms with van der Waals surface area (Å²) in [4.78, 5) is 33.9. The van der Waals surface area contributed by atoms with Crippen LogP contribution in [-0.2, 0) is 19.1 Å². The summed E-state index contributed by atoms with van der Waals surface area (Å²) in [5, 5.41) is 46.0. The molecule has 0 saturated heterocycles. The lowest BCUT2D eigenvalue weighted by molar-refractivity contribution is -0.384. The number of hydrogen-bond donors (Lipinski definition) is 3. The summed E-state index contributed by atoms with van der Waals surface area (Å²) in [7, 11) is 0. The Hall–Kier alpha value is -6.16. The van der Waals surface area contributed by atoms with Gasteiger partial charge in [-0.1, -0.05) is 72.6 Å². The molecule has 1 saturated carbocycles. The predicted molar refractivity (Wildman–Crippen MR) is 269 cm³/mol. The maximum atomic E-state index is 15.0. The molecule has 6 atom stereocenters. The monoisotopic (exact) mass is 957 g/mol. The van der Waals surface area contributed by atoms with Crippen molar-refractivity contribution in [2.24, 2.45) is 22.9 Å². The zero-order valence-corrected chi connectivity index (χ0v) is 40.5. The first-order valence-electron chi connectivity index (χ1n) is 24.4. The van der Waals surface area contributed by atoms with Crippen LogP contribution in [0.3, 0.4) is 0 Å². The summed E-state index contributed by atoms with van der Waals surface area (Å²) in [5.74, 6) is -0.945. The number of carbonyl (C=O) groups is 1. The first kappa shape index (κ1) is 51.7. The van der Waals surface area contributed by atoms with Crippen molar-refractivity contribution in [1.82, 2.24) is 4.90 Å². The Bertz CT molecular complexity index is 2470. The van der Waals surface area contributed by atoms with E-state index in [2.05, 4.69) is 30.9 Å². The molecule has 1 heterocycles. The Balaban J connectivity index is 1.41. The average Bonchev–Trinajstić information content (AvgIpc) is 3.36. The summed E-state index contributed by atoms with van der Waals surface area (Å²) in [6, 6.07) is 29.1. The SMILES string of the molecule is C=CCOC12Oc3ccc(Oc4ccc(-c5ccccc5)cc4)cc3C3C(CCCCO)C(CCCCO)C=C(C(=NOC(C)(C)C)CC1N(CCOCCO)C(=O)C=Cc1ccc([N+](=O)[O-])cc1)C32. The predicted octanol–water partition coefficient (Wildman–Crippen LogP) is 10.0. The number of carbonyl (C=O) groups excluding carboxylic acids is 1. The highest BCUT2D eigenvalue weighted by Crippen LogP contribution is 2.62. The molecule has 0 radical (unpaired) electrons. The van der Waals surface area contributed by atoms with Gasteiger partial charge in [0.1, 0.15) is 28.9 Å². The molecular weight excluding hydrogens is 891 g/mol. The molecule has 3 N–H and O–H groups in total. The maximum absolute atomic E-state index is 15.0. The van der Waals surface area contributed by atoms with Crippen molar-refractivity contribution in [1.29, 1.82) is 0 Å². The molecule has 14 heteroatoms. The number of ether oxygens (including phenoxy) is 4. The van der Waals surface area contributed by atoms with Crippen LogP contribution in [0, 0.1) is 27.9 Å². The second kappa shape index (κ2) is 24.1. The number of hydrogen-bond acceptors (Lipinski definition) is 12. The van der Waals surface area contributed by atoms with Crippen molar-refractivity contribution in [2.75, 3.05) is 46.2 Å². The van der Waals surface area contributed by atoms with Gasteiger partial charge in [-0.15, -0.1) is 6.58 Å². The Morgan fingerprint density at radius 2 is 1.60 bits per heavy atom. The minimum Gasteiger partial charge on any atom is -0.459 e. The number of aliphatic hydroxyl groups is 3. The number of benzene rings is 4. The number of nitro benzene ring substituents is 1. The number of allylic oxidation sites excluding steroid dienone is 1. The average molecular weight is 958 g/mol. The molecular formula is C56H67N3O11. The first-order valence-corrected chi connectivity index (χ1v) is 24.4.